The van der Waals surface area contributed by atoms with E-state index in [0.717, 1.165) is 12.4 Å². The Kier molecular flexibility index (Phi) is 4.35. The van der Waals surface area contributed by atoms with Gasteiger partial charge in [0.2, 0.25) is 0 Å². The predicted molar refractivity (Wildman–Crippen MR) is 56.4 cm³/mol. The van der Waals surface area contributed by atoms with Gasteiger partial charge in [-0.1, -0.05) is 57.5 Å². The number of halogens is 1. The first kappa shape index (κ1) is 9.08. The molecule has 1 rings (SSSR count). The zero-order valence-electron chi connectivity index (χ0n) is 5.20. The summed E-state index contributed by atoms with van der Waals surface area (Å²) in [6.07, 6.45) is 2.01. The first-order chi connectivity index (χ1) is 4.86. The summed E-state index contributed by atoms with van der Waals surface area (Å²) in [5.41, 5.74) is 0. The average Bonchev–Trinajstić information content (AvgIpc) is 2.37. The summed E-state index contributed by atoms with van der Waals surface area (Å²) in [5.74, 6) is 0. The van der Waals surface area contributed by atoms with E-state index in [2.05, 4.69) is 32.8 Å². The second-order valence-corrected chi connectivity index (χ2v) is 6.34. The Bertz CT molecular complexity index is 202. The Hall–Kier alpha value is 0.990. The number of rotatable bonds is 3. The van der Waals surface area contributed by atoms with Crippen molar-refractivity contribution < 1.29 is 0 Å². The fraction of sp³-hybridized carbons (Fsp3) is 0.500. The van der Waals surface area contributed by atoms with Crippen LogP contribution in [0.25, 0.3) is 0 Å². The molecule has 0 N–H and O–H groups in total. The molecule has 0 aliphatic heterocycles. The maximum absolute atomic E-state index is 3.98. The molecule has 10 heavy (non-hydrogen) atoms. The van der Waals surface area contributed by atoms with E-state index in [-0.39, 0.29) is 0 Å². The Morgan fingerprint density at radius 3 is 2.70 bits per heavy atom. The monoisotopic (exact) mass is 304 g/mol. The summed E-state index contributed by atoms with van der Waals surface area (Å²) >= 11 is 7.34. The number of thioether (sulfide) groups is 2. The van der Waals surface area contributed by atoms with Gasteiger partial charge in [0, 0.05) is 0 Å². The first-order valence-electron chi connectivity index (χ1n) is 2.43. The zero-order chi connectivity index (χ0) is 7.40. The summed E-state index contributed by atoms with van der Waals surface area (Å²) < 4.78 is 3.16. The molecule has 0 fully saturated rings. The molecule has 0 radical (unpaired) electrons. The lowest BCUT2D eigenvalue weighted by molar-refractivity contribution is 0.957. The molecule has 0 spiro atoms. The maximum atomic E-state index is 3.98. The van der Waals surface area contributed by atoms with E-state index in [1.54, 1.807) is 34.9 Å². The number of nitrogens with zero attached hydrogens (tertiary/aromatic N) is 2. The van der Waals surface area contributed by atoms with E-state index in [9.17, 15) is 0 Å². The van der Waals surface area contributed by atoms with Gasteiger partial charge < -0.3 is 0 Å². The van der Waals surface area contributed by atoms with Crippen molar-refractivity contribution in [2.75, 3.05) is 10.0 Å². The molecule has 0 aliphatic rings. The van der Waals surface area contributed by atoms with Gasteiger partial charge in [-0.25, -0.2) is 0 Å². The molecule has 0 saturated carbocycles. The molecule has 0 amide bonds. The molecule has 2 nitrogen and oxygen atoms in total. The number of alkyl halides is 1. The van der Waals surface area contributed by atoms with Crippen molar-refractivity contribution in [2.24, 2.45) is 0 Å². The highest BCUT2D eigenvalue weighted by Crippen LogP contribution is 2.27. The standard InChI is InChI=1S/C4H5IN2S3/c1-8-3-6-7-4(10-3)9-2-5/h2H2,1H3. The van der Waals surface area contributed by atoms with Gasteiger partial charge >= 0.3 is 0 Å². The lowest BCUT2D eigenvalue weighted by atomic mass is 11.6. The molecule has 1 aromatic rings. The third-order valence-corrected chi connectivity index (χ3v) is 4.41. The first-order valence-corrected chi connectivity index (χ1v) is 6.98. The lowest BCUT2D eigenvalue weighted by Crippen LogP contribution is -1.69. The number of hydrogen-bond acceptors (Lipinski definition) is 5. The van der Waals surface area contributed by atoms with E-state index in [1.807, 2.05) is 6.26 Å². The van der Waals surface area contributed by atoms with Crippen molar-refractivity contribution in [1.82, 2.24) is 10.2 Å². The van der Waals surface area contributed by atoms with Crippen LogP contribution in [0.15, 0.2) is 8.68 Å². The molecular weight excluding hydrogens is 299 g/mol. The average molecular weight is 304 g/mol. The molecule has 0 aliphatic carbocycles. The summed E-state index contributed by atoms with van der Waals surface area (Å²) in [7, 11) is 0. The Morgan fingerprint density at radius 1 is 1.50 bits per heavy atom. The highest BCUT2D eigenvalue weighted by molar-refractivity contribution is 14.1. The quantitative estimate of drug-likeness (QED) is 0.487. The number of hydrogen-bond donors (Lipinski definition) is 0. The Labute approximate surface area is 85.7 Å². The minimum Gasteiger partial charge on any atom is -0.131 e. The van der Waals surface area contributed by atoms with Gasteiger partial charge in [0.1, 0.15) is 0 Å². The summed E-state index contributed by atoms with van der Waals surface area (Å²) in [4.78, 5) is 0. The van der Waals surface area contributed by atoms with Gasteiger partial charge in [-0.15, -0.1) is 10.2 Å². The van der Waals surface area contributed by atoms with E-state index in [0.29, 0.717) is 0 Å². The van der Waals surface area contributed by atoms with Crippen molar-refractivity contribution in [3.05, 3.63) is 0 Å². The topological polar surface area (TPSA) is 25.8 Å². The second-order valence-electron chi connectivity index (χ2n) is 1.29. The fourth-order valence-corrected chi connectivity index (χ4v) is 3.91. The summed E-state index contributed by atoms with van der Waals surface area (Å²) in [6.45, 7) is 0. The van der Waals surface area contributed by atoms with E-state index >= 15 is 0 Å². The van der Waals surface area contributed by atoms with Crippen LogP contribution in [-0.2, 0) is 0 Å². The van der Waals surface area contributed by atoms with Crippen LogP contribution < -0.4 is 0 Å². The molecule has 1 heterocycles. The van der Waals surface area contributed by atoms with E-state index in [1.165, 1.54) is 0 Å². The molecule has 6 heteroatoms. The molecule has 1 aromatic heterocycles. The van der Waals surface area contributed by atoms with Gasteiger partial charge in [-0.3, -0.25) is 0 Å². The second kappa shape index (κ2) is 4.78. The van der Waals surface area contributed by atoms with E-state index in [4.69, 9.17) is 0 Å². The zero-order valence-corrected chi connectivity index (χ0v) is 9.81. The third kappa shape index (κ3) is 2.55. The van der Waals surface area contributed by atoms with Crippen LogP contribution in [0.4, 0.5) is 0 Å². The molecule has 56 valence electrons. The minimum atomic E-state index is 1.04. The Morgan fingerprint density at radius 2 is 2.20 bits per heavy atom. The normalized spacial score (nSPS) is 10.2. The largest absolute Gasteiger partial charge is 0.175 e. The molecular formula is C4H5IN2S3. The maximum Gasteiger partial charge on any atom is 0.175 e. The minimum absolute atomic E-state index is 1.04. The summed E-state index contributed by atoms with van der Waals surface area (Å²) in [6, 6.07) is 0. The van der Waals surface area contributed by atoms with Crippen molar-refractivity contribution in [3.63, 3.8) is 0 Å². The van der Waals surface area contributed by atoms with Crippen LogP contribution >= 0.6 is 57.5 Å². The van der Waals surface area contributed by atoms with Crippen LogP contribution in [0.5, 0.6) is 0 Å². The smallest absolute Gasteiger partial charge is 0.131 e. The molecule has 0 aromatic carbocycles. The highest BCUT2D eigenvalue weighted by Gasteiger charge is 2.00. The van der Waals surface area contributed by atoms with E-state index < -0.39 is 0 Å². The lowest BCUT2D eigenvalue weighted by Gasteiger charge is -1.82. The SMILES string of the molecule is CSc1nnc(SCI)s1. The molecule has 0 unspecified atom stereocenters. The Balaban J connectivity index is 2.59. The summed E-state index contributed by atoms with van der Waals surface area (Å²) in [5, 5.41) is 7.94. The van der Waals surface area contributed by atoms with Crippen LogP contribution in [0.3, 0.4) is 0 Å². The molecule has 0 saturated heterocycles. The highest BCUT2D eigenvalue weighted by atomic mass is 127. The van der Waals surface area contributed by atoms with Gasteiger partial charge in [0.15, 0.2) is 8.68 Å². The van der Waals surface area contributed by atoms with Gasteiger partial charge in [0.05, 0.1) is 3.76 Å². The van der Waals surface area contributed by atoms with Crippen LogP contribution in [-0.4, -0.2) is 20.2 Å². The van der Waals surface area contributed by atoms with Gasteiger partial charge in [-0.2, -0.15) is 0 Å². The molecule has 0 atom stereocenters. The third-order valence-electron chi connectivity index (χ3n) is 0.741. The fourth-order valence-electron chi connectivity index (χ4n) is 0.385. The van der Waals surface area contributed by atoms with Gasteiger partial charge in [-0.05, 0) is 6.26 Å². The number of aromatic nitrogens is 2. The predicted octanol–water partition coefficient (Wildman–Crippen LogP) is 2.74. The molecule has 0 bridgehead atoms. The van der Waals surface area contributed by atoms with Gasteiger partial charge in [0.25, 0.3) is 0 Å². The van der Waals surface area contributed by atoms with Crippen LogP contribution in [0.2, 0.25) is 0 Å². The van der Waals surface area contributed by atoms with Crippen LogP contribution in [0, 0.1) is 0 Å². The van der Waals surface area contributed by atoms with Crippen molar-refractivity contribution in [3.8, 4) is 0 Å². The van der Waals surface area contributed by atoms with Crippen LogP contribution in [0.1, 0.15) is 0 Å². The van der Waals surface area contributed by atoms with Crippen molar-refractivity contribution in [2.45, 2.75) is 8.68 Å². The van der Waals surface area contributed by atoms with Crippen molar-refractivity contribution >= 4 is 57.5 Å². The van der Waals surface area contributed by atoms with Crippen molar-refractivity contribution in [1.29, 1.82) is 0 Å².